The van der Waals surface area contributed by atoms with Gasteiger partial charge in [-0.1, -0.05) is 0 Å². The van der Waals surface area contributed by atoms with E-state index in [9.17, 15) is 0 Å². The van der Waals surface area contributed by atoms with Gasteiger partial charge in [-0.3, -0.25) is 0 Å². The molecule has 5 aromatic carbocycles. The minimum absolute atomic E-state index is 0. The topological polar surface area (TPSA) is 0 Å². The number of halogens is 2. The molecule has 2 aliphatic carbocycles. The van der Waals surface area contributed by atoms with Crippen LogP contribution in [0.3, 0.4) is 0 Å². The van der Waals surface area contributed by atoms with Crippen molar-refractivity contribution in [2.45, 2.75) is 58.1 Å². The summed E-state index contributed by atoms with van der Waals surface area (Å²) in [6.07, 6.45) is 5.20. The van der Waals surface area contributed by atoms with Gasteiger partial charge in [-0.25, -0.2) is 0 Å². The predicted molar refractivity (Wildman–Crippen MR) is 212 cm³/mol. The second kappa shape index (κ2) is 12.8. The normalized spacial score (nSPS) is 17.1. The van der Waals surface area contributed by atoms with Crippen LogP contribution in [0.2, 0.25) is 9.26 Å². The number of rotatable bonds is 5. The Labute approximate surface area is 297 Å². The minimum Gasteiger partial charge on any atom is -0.147 e. The molecular formula is C43H48Cl2SiZr. The smallest absolute Gasteiger partial charge is 0.147 e. The molecule has 242 valence electrons. The third-order valence-electron chi connectivity index (χ3n) is 11.4. The van der Waals surface area contributed by atoms with Gasteiger partial charge in [0.15, 0.2) is 0 Å². The van der Waals surface area contributed by atoms with Crippen LogP contribution in [0.1, 0.15) is 67.0 Å². The van der Waals surface area contributed by atoms with Crippen molar-refractivity contribution in [2.75, 3.05) is 0 Å². The summed E-state index contributed by atoms with van der Waals surface area (Å²) >= 11 is -3.75. The van der Waals surface area contributed by atoms with Crippen LogP contribution in [0.25, 0.3) is 45.2 Å². The molecule has 0 saturated carbocycles. The molecule has 5 aromatic rings. The quantitative estimate of drug-likeness (QED) is 0.157. The molecular weight excluding hydrogens is 707 g/mol. The second-order valence-corrected chi connectivity index (χ2v) is 45.7. The third-order valence-corrected chi connectivity index (χ3v) is 28.9. The molecule has 2 unspecified atom stereocenters. The van der Waals surface area contributed by atoms with Gasteiger partial charge >= 0.3 is 275 Å². The molecule has 4 heteroatoms. The molecule has 0 saturated heterocycles. The average Bonchev–Trinajstić information content (AvgIpc) is 3.60. The molecule has 0 aromatic heterocycles. The van der Waals surface area contributed by atoms with E-state index in [1.54, 1.807) is 22.3 Å². The van der Waals surface area contributed by atoms with Crippen LogP contribution in [0.15, 0.2) is 102 Å². The molecule has 0 amide bonds. The zero-order valence-electron chi connectivity index (χ0n) is 29.1. The number of hydrogen-bond donors (Lipinski definition) is 0. The molecule has 0 spiro atoms. The first-order valence-electron chi connectivity index (χ1n) is 16.7. The van der Waals surface area contributed by atoms with Gasteiger partial charge < -0.3 is 0 Å². The van der Waals surface area contributed by atoms with E-state index in [0.29, 0.717) is 13.2 Å². The molecule has 47 heavy (non-hydrogen) atoms. The van der Waals surface area contributed by atoms with Gasteiger partial charge in [0.25, 0.3) is 0 Å². The molecule has 0 nitrogen and oxygen atoms in total. The van der Waals surface area contributed by atoms with Crippen molar-refractivity contribution >= 4 is 54.6 Å². The molecule has 0 aliphatic heterocycles. The molecule has 0 radical (unpaired) electrons. The maximum absolute atomic E-state index is 3.75. The largest absolute Gasteiger partial charge is 0.147 e. The Morgan fingerprint density at radius 3 is 1.94 bits per heavy atom. The zero-order chi connectivity index (χ0) is 31.9. The fourth-order valence-corrected chi connectivity index (χ4v) is 29.9. The molecule has 0 fully saturated rings. The van der Waals surface area contributed by atoms with Crippen LogP contribution in [0.4, 0.5) is 0 Å². The monoisotopic (exact) mass is 752 g/mol. The predicted octanol–water partition coefficient (Wildman–Crippen LogP) is 12.5. The molecule has 7 rings (SSSR count). The van der Waals surface area contributed by atoms with Crippen molar-refractivity contribution in [3.63, 3.8) is 0 Å². The maximum atomic E-state index is 2.79. The van der Waals surface area contributed by atoms with E-state index < -0.39 is 17.4 Å². The van der Waals surface area contributed by atoms with Crippen LogP contribution < -0.4 is 0 Å². The van der Waals surface area contributed by atoms with Crippen molar-refractivity contribution in [3.8, 4) is 22.3 Å². The summed E-state index contributed by atoms with van der Waals surface area (Å²) in [5.74, 6) is 0.501. The number of hydrogen-bond acceptors (Lipinski definition) is 0. The Morgan fingerprint density at radius 2 is 1.23 bits per heavy atom. The van der Waals surface area contributed by atoms with Gasteiger partial charge in [0.2, 0.25) is 0 Å². The fourth-order valence-electron chi connectivity index (χ4n) is 9.30. The molecule has 0 bridgehead atoms. The van der Waals surface area contributed by atoms with Crippen LogP contribution in [0, 0.1) is 26.7 Å². The molecule has 0 heterocycles. The zero-order valence-corrected chi connectivity index (χ0v) is 34.6. The fraction of sp³-hybridized carbons (Fsp3) is 0.256. The Kier molecular flexibility index (Phi) is 9.73. The first-order valence-corrected chi connectivity index (χ1v) is 30.3. The van der Waals surface area contributed by atoms with Gasteiger partial charge in [0.05, 0.1) is 0 Å². The van der Waals surface area contributed by atoms with E-state index in [-0.39, 0.29) is 24.8 Å². The summed E-state index contributed by atoms with van der Waals surface area (Å²) < 4.78 is 6.57. The Bertz CT molecular complexity index is 2160. The number of fused-ring (bicyclic) bond motifs is 3. The number of benzene rings is 5. The van der Waals surface area contributed by atoms with Crippen LogP contribution >= 0.6 is 24.8 Å². The van der Waals surface area contributed by atoms with Crippen molar-refractivity contribution in [1.29, 1.82) is 0 Å². The number of allylic oxidation sites excluding steroid dienone is 2. The van der Waals surface area contributed by atoms with Gasteiger partial charge in [0, 0.05) is 0 Å². The van der Waals surface area contributed by atoms with Crippen LogP contribution in [-0.2, 0) is 17.4 Å². The van der Waals surface area contributed by atoms with Crippen molar-refractivity contribution in [1.82, 2.24) is 0 Å². The third kappa shape index (κ3) is 5.53. The van der Waals surface area contributed by atoms with Gasteiger partial charge in [-0.2, -0.15) is 0 Å². The van der Waals surface area contributed by atoms with Crippen molar-refractivity contribution in [3.05, 3.63) is 141 Å². The Balaban J connectivity index is 0.00000217. The van der Waals surface area contributed by atoms with Gasteiger partial charge in [0.1, 0.15) is 0 Å². The Hall–Kier alpha value is -2.48. The summed E-state index contributed by atoms with van der Waals surface area (Å²) in [5.41, 5.74) is 19.3. The van der Waals surface area contributed by atoms with Gasteiger partial charge in [-0.15, -0.1) is 24.8 Å². The van der Waals surface area contributed by atoms with Crippen molar-refractivity contribution in [2.24, 2.45) is 5.92 Å². The Morgan fingerprint density at radius 1 is 0.617 bits per heavy atom. The maximum Gasteiger partial charge on any atom is -0.147 e. The van der Waals surface area contributed by atoms with Crippen molar-refractivity contribution < 1.29 is 17.4 Å². The first kappa shape index (κ1) is 35.8. The summed E-state index contributed by atoms with van der Waals surface area (Å²) in [6.45, 7) is 16.9. The first-order chi connectivity index (χ1) is 21.4. The van der Waals surface area contributed by atoms with E-state index >= 15 is 0 Å². The standard InChI is InChI=1S/C23H21.C18H17.2CH3.2ClH.H2Si.Zr/c1-14-12-21-16(3)15(2)17(4)23(22(21)13-14)20-11-7-9-18-8-5-6-10-19(18)20;1-13(2)16-11-15-9-6-10-17(18(15)12-16)14-7-4-3-5-8-14;;;;;;/h5-13H,1-4H3;3-13H,1-2H3;2*1H3;2*1H;1H2;. The summed E-state index contributed by atoms with van der Waals surface area (Å²) in [7, 11) is 0. The van der Waals surface area contributed by atoms with E-state index in [4.69, 9.17) is 0 Å². The van der Waals surface area contributed by atoms with E-state index in [2.05, 4.69) is 161 Å². The average molecular weight is 755 g/mol. The van der Waals surface area contributed by atoms with Gasteiger partial charge in [-0.05, 0) is 0 Å². The SMILES string of the molecule is CC1=Cc2c(-c3cccc4ccccc34)c(C)c(C)c(C)c2[CH]1[Zr]([CH3])([CH3])(=[SiH2])[CH]1C(C(C)C)=Cc2c(-c3ccccc3)cccc21.Cl.Cl. The van der Waals surface area contributed by atoms with E-state index in [1.807, 2.05) is 0 Å². The second-order valence-electron chi connectivity index (χ2n) is 15.3. The van der Waals surface area contributed by atoms with E-state index in [1.165, 1.54) is 60.8 Å². The minimum atomic E-state index is -3.75. The van der Waals surface area contributed by atoms with Crippen LogP contribution in [-0.4, -0.2) is 6.88 Å². The van der Waals surface area contributed by atoms with Crippen LogP contribution in [0.5, 0.6) is 0 Å². The summed E-state index contributed by atoms with van der Waals surface area (Å²) in [5, 5.41) is 2.66. The molecule has 2 atom stereocenters. The summed E-state index contributed by atoms with van der Waals surface area (Å²) in [4.78, 5) is 0. The molecule has 0 N–H and O–H groups in total. The van der Waals surface area contributed by atoms with E-state index in [0.717, 1.165) is 0 Å². The summed E-state index contributed by atoms with van der Waals surface area (Å²) in [6, 6.07) is 33.9. The molecule has 2 aliphatic rings.